The number of amides is 1. The van der Waals surface area contributed by atoms with Crippen LogP contribution >= 0.6 is 0 Å². The predicted octanol–water partition coefficient (Wildman–Crippen LogP) is 4.90. The third-order valence-electron chi connectivity index (χ3n) is 5.47. The number of aliphatic hydroxyl groups excluding tert-OH is 1. The van der Waals surface area contributed by atoms with Gasteiger partial charge in [-0.2, -0.15) is 0 Å². The molecule has 4 rings (SSSR count). The Kier molecular flexibility index (Phi) is 6.92. The number of carbonyl (C=O) groups is 2. The van der Waals surface area contributed by atoms with Crippen molar-refractivity contribution in [1.29, 1.82) is 0 Å². The first-order valence-electron chi connectivity index (χ1n) is 11.2. The van der Waals surface area contributed by atoms with E-state index in [1.165, 1.54) is 4.90 Å². The molecule has 1 N–H and O–H groups in total. The van der Waals surface area contributed by atoms with Gasteiger partial charge in [-0.1, -0.05) is 13.0 Å². The lowest BCUT2D eigenvalue weighted by Crippen LogP contribution is -2.29. The van der Waals surface area contributed by atoms with E-state index in [-0.39, 0.29) is 11.3 Å². The average molecular weight is 459 g/mol. The number of benzene rings is 2. The summed E-state index contributed by atoms with van der Waals surface area (Å²) in [5, 5.41) is 11.2. The molecule has 1 saturated heterocycles. The predicted molar refractivity (Wildman–Crippen MR) is 129 cm³/mol. The van der Waals surface area contributed by atoms with Gasteiger partial charge in [0.05, 0.1) is 24.8 Å². The monoisotopic (exact) mass is 458 g/mol. The first kappa shape index (κ1) is 23.0. The number of rotatable bonds is 8. The van der Waals surface area contributed by atoms with Crippen LogP contribution in [0.1, 0.15) is 37.4 Å². The van der Waals surface area contributed by atoms with Crippen molar-refractivity contribution in [1.82, 2.24) is 4.98 Å². The number of hydrogen-bond donors (Lipinski definition) is 1. The highest BCUT2D eigenvalue weighted by molar-refractivity contribution is 6.51. The molecule has 1 aliphatic rings. The number of carbonyl (C=O) groups excluding carboxylic acids is 2. The highest BCUT2D eigenvalue weighted by Crippen LogP contribution is 2.42. The molecule has 1 aliphatic heterocycles. The number of aliphatic hydroxyl groups is 1. The minimum atomic E-state index is -0.831. The van der Waals surface area contributed by atoms with Crippen molar-refractivity contribution in [3.63, 3.8) is 0 Å². The second kappa shape index (κ2) is 10.2. The van der Waals surface area contributed by atoms with E-state index in [0.717, 1.165) is 6.42 Å². The molecule has 7 heteroatoms. The number of anilines is 1. The molecule has 1 atom stereocenters. The number of pyridine rings is 1. The Morgan fingerprint density at radius 3 is 2.26 bits per heavy atom. The summed E-state index contributed by atoms with van der Waals surface area (Å²) in [6, 6.07) is 16.4. The number of ketones is 1. The van der Waals surface area contributed by atoms with Crippen molar-refractivity contribution in [2.75, 3.05) is 18.1 Å². The maximum Gasteiger partial charge on any atom is 0.300 e. The summed E-state index contributed by atoms with van der Waals surface area (Å²) in [4.78, 5) is 31.9. The van der Waals surface area contributed by atoms with Crippen molar-refractivity contribution in [2.24, 2.45) is 0 Å². The van der Waals surface area contributed by atoms with Gasteiger partial charge in [0.1, 0.15) is 17.3 Å². The van der Waals surface area contributed by atoms with Gasteiger partial charge in [0, 0.05) is 23.6 Å². The van der Waals surface area contributed by atoms with Gasteiger partial charge in [-0.15, -0.1) is 0 Å². The largest absolute Gasteiger partial charge is 0.507 e. The van der Waals surface area contributed by atoms with Gasteiger partial charge < -0.3 is 14.6 Å². The number of ether oxygens (including phenoxy) is 2. The van der Waals surface area contributed by atoms with Crippen LogP contribution in [0.25, 0.3) is 5.76 Å². The van der Waals surface area contributed by atoms with Crippen LogP contribution in [0.4, 0.5) is 5.69 Å². The lowest BCUT2D eigenvalue weighted by Gasteiger charge is -2.25. The van der Waals surface area contributed by atoms with E-state index in [1.807, 2.05) is 13.8 Å². The van der Waals surface area contributed by atoms with Gasteiger partial charge in [-0.25, -0.2) is 0 Å². The van der Waals surface area contributed by atoms with E-state index in [0.29, 0.717) is 41.5 Å². The highest BCUT2D eigenvalue weighted by atomic mass is 16.5. The Morgan fingerprint density at radius 2 is 1.65 bits per heavy atom. The van der Waals surface area contributed by atoms with Gasteiger partial charge in [0.25, 0.3) is 11.7 Å². The molecule has 0 spiro atoms. The Labute approximate surface area is 198 Å². The second-order valence-electron chi connectivity index (χ2n) is 7.76. The number of nitrogens with zero attached hydrogens (tertiary/aromatic N) is 2. The summed E-state index contributed by atoms with van der Waals surface area (Å²) in [6.45, 7) is 5.00. The molecule has 1 aromatic heterocycles. The second-order valence-corrected chi connectivity index (χ2v) is 7.76. The standard InChI is InChI=1S/C27H26N2O5/c1-3-16-34-22-11-7-18(8-12-22)25(30)23-24(19-6-5-15-28-17-19)29(27(32)26(23)31)20-9-13-21(14-10-20)33-4-2/h5-15,17,24,30H,3-4,16H2,1-2H3/b25-23-. The van der Waals surface area contributed by atoms with Crippen molar-refractivity contribution < 1.29 is 24.2 Å². The molecule has 0 saturated carbocycles. The molecule has 174 valence electrons. The molecule has 34 heavy (non-hydrogen) atoms. The topological polar surface area (TPSA) is 89.0 Å². The molecule has 2 heterocycles. The fourth-order valence-electron chi connectivity index (χ4n) is 3.91. The minimum Gasteiger partial charge on any atom is -0.507 e. The van der Waals surface area contributed by atoms with Gasteiger partial charge in [-0.3, -0.25) is 19.5 Å². The molecule has 2 aromatic carbocycles. The summed E-state index contributed by atoms with van der Waals surface area (Å²) >= 11 is 0. The zero-order valence-corrected chi connectivity index (χ0v) is 19.1. The van der Waals surface area contributed by atoms with E-state index in [9.17, 15) is 14.7 Å². The molecule has 1 fully saturated rings. The number of hydrogen-bond acceptors (Lipinski definition) is 6. The summed E-state index contributed by atoms with van der Waals surface area (Å²) < 4.78 is 11.1. The molecular weight excluding hydrogens is 432 g/mol. The van der Waals surface area contributed by atoms with Crippen LogP contribution in [0, 0.1) is 0 Å². The SMILES string of the molecule is CCCOc1ccc(/C(O)=C2/C(=O)C(=O)N(c3ccc(OCC)cc3)C2c2cccnc2)cc1. The van der Waals surface area contributed by atoms with Crippen molar-refractivity contribution >= 4 is 23.1 Å². The van der Waals surface area contributed by atoms with Crippen LogP contribution in [0.15, 0.2) is 78.6 Å². The van der Waals surface area contributed by atoms with E-state index >= 15 is 0 Å². The van der Waals surface area contributed by atoms with E-state index < -0.39 is 17.7 Å². The fraction of sp³-hybridized carbons (Fsp3) is 0.222. The molecule has 0 aliphatic carbocycles. The lowest BCUT2D eigenvalue weighted by molar-refractivity contribution is -0.132. The molecule has 0 radical (unpaired) electrons. The molecule has 1 unspecified atom stereocenters. The summed E-state index contributed by atoms with van der Waals surface area (Å²) in [5.74, 6) is -0.403. The maximum absolute atomic E-state index is 13.2. The Morgan fingerprint density at radius 1 is 0.971 bits per heavy atom. The van der Waals surface area contributed by atoms with E-state index in [1.54, 1.807) is 73.1 Å². The lowest BCUT2D eigenvalue weighted by atomic mass is 9.96. The smallest absolute Gasteiger partial charge is 0.300 e. The van der Waals surface area contributed by atoms with Crippen LogP contribution in [-0.4, -0.2) is 35.0 Å². The van der Waals surface area contributed by atoms with Crippen LogP contribution in [0.2, 0.25) is 0 Å². The molecule has 7 nitrogen and oxygen atoms in total. The Balaban J connectivity index is 1.79. The average Bonchev–Trinajstić information content (AvgIpc) is 3.14. The van der Waals surface area contributed by atoms with Crippen LogP contribution < -0.4 is 14.4 Å². The zero-order valence-electron chi connectivity index (χ0n) is 19.1. The van der Waals surface area contributed by atoms with Crippen molar-refractivity contribution in [3.8, 4) is 11.5 Å². The van der Waals surface area contributed by atoms with Crippen molar-refractivity contribution in [3.05, 3.63) is 89.8 Å². The quantitative estimate of drug-likeness (QED) is 0.294. The number of Topliss-reactive ketones (excluding diaryl/α,β-unsaturated/α-hetero) is 1. The maximum atomic E-state index is 13.2. The van der Waals surface area contributed by atoms with Crippen LogP contribution in [-0.2, 0) is 9.59 Å². The summed E-state index contributed by atoms with van der Waals surface area (Å²) in [7, 11) is 0. The molecule has 1 amide bonds. The van der Waals surface area contributed by atoms with Gasteiger partial charge in [0.2, 0.25) is 0 Å². The van der Waals surface area contributed by atoms with Gasteiger partial charge >= 0.3 is 0 Å². The first-order chi connectivity index (χ1) is 16.5. The zero-order chi connectivity index (χ0) is 24.1. The normalized spacial score (nSPS) is 17.1. The van der Waals surface area contributed by atoms with Gasteiger partial charge in [-0.05, 0) is 73.5 Å². The fourth-order valence-corrected chi connectivity index (χ4v) is 3.91. The van der Waals surface area contributed by atoms with Crippen LogP contribution in [0.3, 0.4) is 0 Å². The third kappa shape index (κ3) is 4.50. The molecule has 0 bridgehead atoms. The molecular formula is C27H26N2O5. The van der Waals surface area contributed by atoms with Crippen molar-refractivity contribution in [2.45, 2.75) is 26.3 Å². The first-order valence-corrected chi connectivity index (χ1v) is 11.2. The van der Waals surface area contributed by atoms with Crippen LogP contribution in [0.5, 0.6) is 11.5 Å². The Bertz CT molecular complexity index is 1190. The molecule has 3 aromatic rings. The highest BCUT2D eigenvalue weighted by Gasteiger charge is 2.47. The minimum absolute atomic E-state index is 0.00844. The van der Waals surface area contributed by atoms with E-state index in [4.69, 9.17) is 9.47 Å². The van der Waals surface area contributed by atoms with E-state index in [2.05, 4.69) is 4.98 Å². The van der Waals surface area contributed by atoms with Gasteiger partial charge in [0.15, 0.2) is 0 Å². The third-order valence-corrected chi connectivity index (χ3v) is 5.47. The number of aromatic nitrogens is 1. The summed E-state index contributed by atoms with van der Waals surface area (Å²) in [6.07, 6.45) is 4.08. The Hall–Kier alpha value is -4.13. The summed E-state index contributed by atoms with van der Waals surface area (Å²) in [5.41, 5.74) is 1.55.